The minimum Gasteiger partial charge on any atom is -0.394 e. The lowest BCUT2D eigenvalue weighted by atomic mass is 9.89. The van der Waals surface area contributed by atoms with E-state index in [2.05, 4.69) is 4.74 Å². The molecule has 0 aliphatic rings. The van der Waals surface area contributed by atoms with Crippen LogP contribution in [0.2, 0.25) is 0 Å². The van der Waals surface area contributed by atoms with Crippen molar-refractivity contribution in [2.24, 2.45) is 0 Å². The topological polar surface area (TPSA) is 49.7 Å². The van der Waals surface area contributed by atoms with Crippen molar-refractivity contribution >= 4 is 0 Å². The van der Waals surface area contributed by atoms with Gasteiger partial charge in [-0.05, 0) is 0 Å². The molecule has 0 saturated carbocycles. The molecule has 0 radical (unpaired) electrons. The molecule has 0 aromatic heterocycles. The highest BCUT2D eigenvalue weighted by atomic mass is 19.4. The molecule has 0 aliphatic carbocycles. The lowest BCUT2D eigenvalue weighted by Crippen LogP contribution is -2.74. The Morgan fingerprint density at radius 1 is 0.613 bits per heavy atom. The van der Waals surface area contributed by atoms with Crippen LogP contribution in [-0.2, 0) is 4.74 Å². The number of hydrogen-bond acceptors (Lipinski definition) is 3. The van der Waals surface area contributed by atoms with Crippen molar-refractivity contribution in [1.82, 2.24) is 0 Å². The second kappa shape index (κ2) is 8.60. The molecule has 31 heavy (non-hydrogen) atoms. The molecule has 188 valence electrons. The summed E-state index contributed by atoms with van der Waals surface area (Å²) in [5, 5.41) is 17.0. The van der Waals surface area contributed by atoms with Crippen molar-refractivity contribution in [3.05, 3.63) is 0 Å². The summed E-state index contributed by atoms with van der Waals surface area (Å²) in [6, 6.07) is 0. The van der Waals surface area contributed by atoms with E-state index in [9.17, 15) is 70.2 Å². The average molecular weight is 506 g/mol. The standard InChI is InChI=1S/C12H10F16O3/c13-5(14)7(17,18)9(21,22)11(25,26)12(27,28)10(23,24)8(19,20)6(15,16)3-31-2-4(30)1-29/h4-5,29-30H,1-3H2/t4-/m0/s1. The third kappa shape index (κ3) is 4.49. The van der Waals surface area contributed by atoms with E-state index in [-0.39, 0.29) is 0 Å². The summed E-state index contributed by atoms with van der Waals surface area (Å²) >= 11 is 0. The van der Waals surface area contributed by atoms with Crippen LogP contribution in [-0.4, -0.2) is 84.0 Å². The second-order valence-corrected chi connectivity index (χ2v) is 5.85. The Hall–Kier alpha value is -1.24. The van der Waals surface area contributed by atoms with Crippen LogP contribution in [0.1, 0.15) is 0 Å². The summed E-state index contributed by atoms with van der Waals surface area (Å²) in [7, 11) is 0. The first-order valence-corrected chi connectivity index (χ1v) is 7.19. The van der Waals surface area contributed by atoms with E-state index in [0.717, 1.165) is 0 Å². The molecule has 2 N–H and O–H groups in total. The van der Waals surface area contributed by atoms with Gasteiger partial charge in [-0.2, -0.15) is 61.5 Å². The molecule has 0 bridgehead atoms. The van der Waals surface area contributed by atoms with E-state index in [1.54, 1.807) is 0 Å². The van der Waals surface area contributed by atoms with E-state index in [0.29, 0.717) is 0 Å². The Morgan fingerprint density at radius 3 is 1.32 bits per heavy atom. The molecule has 0 spiro atoms. The maximum atomic E-state index is 13.4. The number of rotatable bonds is 12. The van der Waals surface area contributed by atoms with Gasteiger partial charge >= 0.3 is 47.9 Å². The summed E-state index contributed by atoms with van der Waals surface area (Å²) in [5.74, 6) is -55.1. The Kier molecular flexibility index (Phi) is 8.26. The lowest BCUT2D eigenvalue weighted by molar-refractivity contribution is -0.448. The molecule has 0 aromatic rings. The first kappa shape index (κ1) is 29.8. The molecule has 0 rings (SSSR count). The molecule has 0 saturated heterocycles. The third-order valence-electron chi connectivity index (χ3n) is 3.53. The number of aliphatic hydroxyl groups excluding tert-OH is 2. The monoisotopic (exact) mass is 506 g/mol. The van der Waals surface area contributed by atoms with Crippen LogP contribution in [0.25, 0.3) is 0 Å². The molecular weight excluding hydrogens is 496 g/mol. The fourth-order valence-electron chi connectivity index (χ4n) is 1.63. The van der Waals surface area contributed by atoms with Crippen LogP contribution < -0.4 is 0 Å². The van der Waals surface area contributed by atoms with Gasteiger partial charge in [0.2, 0.25) is 0 Å². The third-order valence-corrected chi connectivity index (χ3v) is 3.53. The maximum absolute atomic E-state index is 13.4. The first-order chi connectivity index (χ1) is 13.4. The summed E-state index contributed by atoms with van der Waals surface area (Å²) in [4.78, 5) is 0. The summed E-state index contributed by atoms with van der Waals surface area (Å²) in [6.45, 7) is -5.87. The zero-order chi connectivity index (χ0) is 25.5. The molecule has 0 unspecified atom stereocenters. The molecule has 0 amide bonds. The van der Waals surface area contributed by atoms with E-state index in [1.165, 1.54) is 0 Å². The highest BCUT2D eigenvalue weighted by molar-refractivity contribution is 5.14. The van der Waals surface area contributed by atoms with Gasteiger partial charge in [0, 0.05) is 0 Å². The SMILES string of the molecule is OC[C@H](O)COCC(F)(F)C(F)(F)C(F)(F)C(F)(F)C(F)(F)C(F)(F)C(F)(F)C(F)F. The number of aliphatic hydroxyl groups is 2. The van der Waals surface area contributed by atoms with Crippen LogP contribution in [0, 0.1) is 0 Å². The molecule has 0 aliphatic heterocycles. The Morgan fingerprint density at radius 2 is 0.968 bits per heavy atom. The van der Waals surface area contributed by atoms with Gasteiger partial charge in [-0.3, -0.25) is 0 Å². The predicted molar refractivity (Wildman–Crippen MR) is 64.5 cm³/mol. The van der Waals surface area contributed by atoms with Crippen LogP contribution in [0.4, 0.5) is 70.2 Å². The number of hydrogen-bond donors (Lipinski definition) is 2. The van der Waals surface area contributed by atoms with Crippen LogP contribution >= 0.6 is 0 Å². The van der Waals surface area contributed by atoms with Gasteiger partial charge in [-0.15, -0.1) is 0 Å². The van der Waals surface area contributed by atoms with Crippen molar-refractivity contribution in [3.8, 4) is 0 Å². The van der Waals surface area contributed by atoms with Gasteiger partial charge < -0.3 is 14.9 Å². The number of ether oxygens (including phenoxy) is 1. The van der Waals surface area contributed by atoms with Crippen LogP contribution in [0.15, 0.2) is 0 Å². The first-order valence-electron chi connectivity index (χ1n) is 7.19. The van der Waals surface area contributed by atoms with Crippen LogP contribution in [0.3, 0.4) is 0 Å². The van der Waals surface area contributed by atoms with Crippen molar-refractivity contribution < 1.29 is 85.2 Å². The Bertz CT molecular complexity index is 605. The van der Waals surface area contributed by atoms with E-state index >= 15 is 0 Å². The zero-order valence-corrected chi connectivity index (χ0v) is 14.1. The van der Waals surface area contributed by atoms with E-state index < -0.39 is 73.8 Å². The molecule has 0 aromatic carbocycles. The van der Waals surface area contributed by atoms with Crippen molar-refractivity contribution in [1.29, 1.82) is 0 Å². The minimum atomic E-state index is -8.46. The quantitative estimate of drug-likeness (QED) is 0.393. The van der Waals surface area contributed by atoms with Gasteiger partial charge in [0.25, 0.3) is 0 Å². The fraction of sp³-hybridized carbons (Fsp3) is 1.00. The van der Waals surface area contributed by atoms with Gasteiger partial charge in [0.1, 0.15) is 12.7 Å². The lowest BCUT2D eigenvalue weighted by Gasteiger charge is -2.42. The van der Waals surface area contributed by atoms with Gasteiger partial charge in [0.05, 0.1) is 13.2 Å². The average Bonchev–Trinajstić information content (AvgIpc) is 2.59. The normalized spacial score (nSPS) is 16.7. The Balaban J connectivity index is 6.25. The molecule has 19 heteroatoms. The van der Waals surface area contributed by atoms with Crippen molar-refractivity contribution in [2.75, 3.05) is 19.8 Å². The maximum Gasteiger partial charge on any atom is 0.384 e. The largest absolute Gasteiger partial charge is 0.394 e. The molecule has 0 fully saturated rings. The number of alkyl halides is 16. The highest BCUT2D eigenvalue weighted by Crippen LogP contribution is 2.62. The van der Waals surface area contributed by atoms with Gasteiger partial charge in [0.15, 0.2) is 0 Å². The predicted octanol–water partition coefficient (Wildman–Crippen LogP) is 4.07. The molecule has 3 nitrogen and oxygen atoms in total. The number of halogens is 16. The Labute approximate surface area is 160 Å². The van der Waals surface area contributed by atoms with Gasteiger partial charge in [-0.1, -0.05) is 0 Å². The minimum absolute atomic E-state index is 1.28. The molecule has 0 heterocycles. The summed E-state index contributed by atoms with van der Waals surface area (Å²) in [5.41, 5.74) is 0. The summed E-state index contributed by atoms with van der Waals surface area (Å²) < 4.78 is 211. The van der Waals surface area contributed by atoms with Crippen molar-refractivity contribution in [3.63, 3.8) is 0 Å². The van der Waals surface area contributed by atoms with Gasteiger partial charge in [-0.25, -0.2) is 8.78 Å². The van der Waals surface area contributed by atoms with Crippen molar-refractivity contribution in [2.45, 2.75) is 54.0 Å². The van der Waals surface area contributed by atoms with E-state index in [4.69, 9.17) is 10.2 Å². The summed E-state index contributed by atoms with van der Waals surface area (Å²) in [6.07, 6.45) is -8.00. The molecular formula is C12H10F16O3. The fourth-order valence-corrected chi connectivity index (χ4v) is 1.63. The van der Waals surface area contributed by atoms with Crippen LogP contribution in [0.5, 0.6) is 0 Å². The zero-order valence-electron chi connectivity index (χ0n) is 14.1. The molecule has 1 atom stereocenters. The second-order valence-electron chi connectivity index (χ2n) is 5.85. The van der Waals surface area contributed by atoms with E-state index in [1.807, 2.05) is 0 Å². The smallest absolute Gasteiger partial charge is 0.384 e. The highest BCUT2D eigenvalue weighted by Gasteiger charge is 2.93.